The number of unbranched alkanes of at least 4 members (excludes halogenated alkanes) is 3. The summed E-state index contributed by atoms with van der Waals surface area (Å²) in [6.07, 6.45) is 6.14. The van der Waals surface area contributed by atoms with Crippen LogP contribution in [0.2, 0.25) is 0 Å². The molecule has 0 amide bonds. The third kappa shape index (κ3) is 8.97. The molecule has 0 nitrogen and oxygen atoms in total. The third-order valence-corrected chi connectivity index (χ3v) is 3.03. The second-order valence-electron chi connectivity index (χ2n) is 2.64. The van der Waals surface area contributed by atoms with Crippen molar-refractivity contribution >= 4 is 39.1 Å². The Kier molecular flexibility index (Phi) is 10.0. The van der Waals surface area contributed by atoms with Gasteiger partial charge in [0.2, 0.25) is 0 Å². The van der Waals surface area contributed by atoms with Gasteiger partial charge in [-0.1, -0.05) is 35.2 Å². The van der Waals surface area contributed by atoms with Gasteiger partial charge in [-0.05, 0) is 12.8 Å². The van der Waals surface area contributed by atoms with Crippen LogP contribution in [0.4, 0.5) is 0 Å². The van der Waals surface area contributed by atoms with Crippen molar-refractivity contribution in [2.24, 2.45) is 0 Å². The van der Waals surface area contributed by atoms with E-state index in [0.29, 0.717) is 5.88 Å². The molecule has 0 spiro atoms. The number of hydrogen-bond donors (Lipinski definition) is 0. The summed E-state index contributed by atoms with van der Waals surface area (Å²) in [6, 6.07) is 0. The minimum Gasteiger partial charge on any atom is -0.125 e. The minimum atomic E-state index is 0.181. The fourth-order valence-corrected chi connectivity index (χ4v) is 1.60. The van der Waals surface area contributed by atoms with Crippen LogP contribution < -0.4 is 0 Å². The van der Waals surface area contributed by atoms with Crippen LogP contribution in [0.5, 0.6) is 0 Å². The monoisotopic (exact) mass is 260 g/mol. The Hall–Kier alpha value is 1.06. The van der Waals surface area contributed by atoms with Crippen molar-refractivity contribution in [3.05, 3.63) is 0 Å². The predicted octanol–water partition coefficient (Wildman–Crippen LogP) is 4.18. The fraction of sp³-hybridized carbons (Fsp3) is 1.00. The Bertz CT molecular complexity index is 78.5. The lowest BCUT2D eigenvalue weighted by atomic mass is 10.1. The maximum absolute atomic E-state index is 5.84. The molecule has 0 fully saturated rings. The molecule has 11 heavy (non-hydrogen) atoms. The summed E-state index contributed by atoms with van der Waals surface area (Å²) >= 11 is 14.8. The number of alkyl halides is 3. The molecule has 0 N–H and O–H groups in total. The SMILES string of the molecule is ClCC(Cl)CCCCCCBr. The zero-order valence-electron chi connectivity index (χ0n) is 6.66. The van der Waals surface area contributed by atoms with E-state index in [9.17, 15) is 0 Å². The van der Waals surface area contributed by atoms with Gasteiger partial charge in [-0.3, -0.25) is 0 Å². The van der Waals surface area contributed by atoms with E-state index in [-0.39, 0.29) is 5.38 Å². The van der Waals surface area contributed by atoms with Crippen LogP contribution in [-0.2, 0) is 0 Å². The second kappa shape index (κ2) is 9.15. The standard InChI is InChI=1S/C8H15BrCl2/c9-6-4-2-1-3-5-8(11)7-10/h8H,1-7H2. The van der Waals surface area contributed by atoms with Gasteiger partial charge >= 0.3 is 0 Å². The van der Waals surface area contributed by atoms with E-state index in [1.165, 1.54) is 25.7 Å². The zero-order valence-corrected chi connectivity index (χ0v) is 9.76. The summed E-state index contributed by atoms with van der Waals surface area (Å²) in [5, 5.41) is 1.30. The molecule has 0 saturated heterocycles. The highest BCUT2D eigenvalue weighted by Gasteiger charge is 2.00. The van der Waals surface area contributed by atoms with Crippen LogP contribution in [-0.4, -0.2) is 16.6 Å². The molecule has 68 valence electrons. The molecule has 1 atom stereocenters. The molecule has 0 aliphatic rings. The predicted molar refractivity (Wildman–Crippen MR) is 57.2 cm³/mol. The van der Waals surface area contributed by atoms with Crippen molar-refractivity contribution in [1.29, 1.82) is 0 Å². The molecule has 0 saturated carbocycles. The Labute approximate surface area is 87.8 Å². The average molecular weight is 262 g/mol. The Balaban J connectivity index is 2.89. The molecule has 0 aliphatic carbocycles. The second-order valence-corrected chi connectivity index (χ2v) is 4.36. The normalized spacial score (nSPS) is 13.4. The zero-order chi connectivity index (χ0) is 8.53. The largest absolute Gasteiger partial charge is 0.125 e. The van der Waals surface area contributed by atoms with E-state index in [4.69, 9.17) is 23.2 Å². The summed E-state index contributed by atoms with van der Waals surface area (Å²) in [4.78, 5) is 0. The van der Waals surface area contributed by atoms with E-state index in [2.05, 4.69) is 15.9 Å². The van der Waals surface area contributed by atoms with Crippen molar-refractivity contribution < 1.29 is 0 Å². The first-order valence-electron chi connectivity index (χ1n) is 4.07. The van der Waals surface area contributed by atoms with Gasteiger partial charge in [-0.15, -0.1) is 23.2 Å². The van der Waals surface area contributed by atoms with E-state index >= 15 is 0 Å². The van der Waals surface area contributed by atoms with Crippen LogP contribution in [0.25, 0.3) is 0 Å². The van der Waals surface area contributed by atoms with E-state index in [0.717, 1.165) is 11.8 Å². The minimum absolute atomic E-state index is 0.181. The maximum Gasteiger partial charge on any atom is 0.0471 e. The van der Waals surface area contributed by atoms with Gasteiger partial charge in [-0.25, -0.2) is 0 Å². The number of hydrogen-bond acceptors (Lipinski definition) is 0. The summed E-state index contributed by atoms with van der Waals surface area (Å²) in [5.41, 5.74) is 0. The van der Waals surface area contributed by atoms with Crippen LogP contribution in [0, 0.1) is 0 Å². The Morgan fingerprint density at radius 1 is 1.09 bits per heavy atom. The van der Waals surface area contributed by atoms with Crippen molar-refractivity contribution in [3.63, 3.8) is 0 Å². The highest BCUT2D eigenvalue weighted by Crippen LogP contribution is 2.11. The lowest BCUT2D eigenvalue weighted by Gasteiger charge is -2.03. The molecule has 0 radical (unpaired) electrons. The molecule has 3 heteroatoms. The third-order valence-electron chi connectivity index (χ3n) is 1.57. The number of rotatable bonds is 7. The first-order valence-corrected chi connectivity index (χ1v) is 6.16. The van der Waals surface area contributed by atoms with Gasteiger partial charge in [0.05, 0.1) is 0 Å². The Morgan fingerprint density at radius 2 is 1.73 bits per heavy atom. The van der Waals surface area contributed by atoms with Crippen LogP contribution in [0.15, 0.2) is 0 Å². The van der Waals surface area contributed by atoms with E-state index < -0.39 is 0 Å². The molecule has 0 aromatic rings. The first-order chi connectivity index (χ1) is 5.31. The fourth-order valence-electron chi connectivity index (χ4n) is 0.891. The van der Waals surface area contributed by atoms with Gasteiger partial charge in [0.25, 0.3) is 0 Å². The molecule has 0 aliphatic heterocycles. The van der Waals surface area contributed by atoms with Crippen molar-refractivity contribution in [2.75, 3.05) is 11.2 Å². The van der Waals surface area contributed by atoms with Crippen LogP contribution in [0.1, 0.15) is 32.1 Å². The van der Waals surface area contributed by atoms with E-state index in [1.807, 2.05) is 0 Å². The molecule has 0 aromatic carbocycles. The molecule has 0 aromatic heterocycles. The van der Waals surface area contributed by atoms with Gasteiger partial charge in [-0.2, -0.15) is 0 Å². The summed E-state index contributed by atoms with van der Waals surface area (Å²) in [7, 11) is 0. The average Bonchev–Trinajstić information content (AvgIpc) is 2.04. The summed E-state index contributed by atoms with van der Waals surface area (Å²) < 4.78 is 0. The molecule has 0 bridgehead atoms. The quantitative estimate of drug-likeness (QED) is 0.477. The highest BCUT2D eigenvalue weighted by atomic mass is 79.9. The maximum atomic E-state index is 5.84. The van der Waals surface area contributed by atoms with Gasteiger partial charge < -0.3 is 0 Å². The molecule has 0 rings (SSSR count). The smallest absolute Gasteiger partial charge is 0.0471 e. The van der Waals surface area contributed by atoms with Crippen LogP contribution in [0.3, 0.4) is 0 Å². The van der Waals surface area contributed by atoms with Crippen LogP contribution >= 0.6 is 39.1 Å². The first kappa shape index (κ1) is 12.1. The topological polar surface area (TPSA) is 0 Å². The summed E-state index contributed by atoms with van der Waals surface area (Å²) in [5.74, 6) is 0.583. The van der Waals surface area contributed by atoms with Crippen molar-refractivity contribution in [3.8, 4) is 0 Å². The van der Waals surface area contributed by atoms with E-state index in [1.54, 1.807) is 0 Å². The lowest BCUT2D eigenvalue weighted by molar-refractivity contribution is 0.632. The molecule has 1 unspecified atom stereocenters. The van der Waals surface area contributed by atoms with Gasteiger partial charge in [0.1, 0.15) is 0 Å². The Morgan fingerprint density at radius 3 is 2.27 bits per heavy atom. The molecule has 0 heterocycles. The molecular formula is C8H15BrCl2. The molecular weight excluding hydrogens is 247 g/mol. The highest BCUT2D eigenvalue weighted by molar-refractivity contribution is 9.09. The lowest BCUT2D eigenvalue weighted by Crippen LogP contribution is -1.99. The van der Waals surface area contributed by atoms with Gasteiger partial charge in [0, 0.05) is 16.6 Å². The van der Waals surface area contributed by atoms with Gasteiger partial charge in [0.15, 0.2) is 0 Å². The van der Waals surface area contributed by atoms with Crippen molar-refractivity contribution in [1.82, 2.24) is 0 Å². The summed E-state index contributed by atoms with van der Waals surface area (Å²) in [6.45, 7) is 0. The van der Waals surface area contributed by atoms with Crippen molar-refractivity contribution in [2.45, 2.75) is 37.5 Å². The number of halogens is 3.